The number of rotatable bonds is 2. The van der Waals surface area contributed by atoms with E-state index in [1.165, 1.54) is 0 Å². The van der Waals surface area contributed by atoms with Crippen LogP contribution in [0.5, 0.6) is 0 Å². The Morgan fingerprint density at radius 1 is 1.00 bits per heavy atom. The van der Waals surface area contributed by atoms with E-state index >= 15 is 0 Å². The molecule has 0 atom stereocenters. The SMILES string of the molecule is C(=C\c1nccs1)/c1ncccn1. The van der Waals surface area contributed by atoms with Gasteiger partial charge in [-0.05, 0) is 18.2 Å². The first-order valence-electron chi connectivity index (χ1n) is 3.80. The summed E-state index contributed by atoms with van der Waals surface area (Å²) in [5.41, 5.74) is 0. The van der Waals surface area contributed by atoms with Gasteiger partial charge in [0.05, 0.1) is 0 Å². The Bertz CT molecular complexity index is 381. The molecule has 0 amide bonds. The van der Waals surface area contributed by atoms with Crippen molar-refractivity contribution in [1.82, 2.24) is 15.0 Å². The highest BCUT2D eigenvalue weighted by Gasteiger charge is 1.89. The van der Waals surface area contributed by atoms with Crippen LogP contribution in [-0.4, -0.2) is 15.0 Å². The Balaban J connectivity index is 2.15. The third-order valence-electron chi connectivity index (χ3n) is 1.41. The summed E-state index contributed by atoms with van der Waals surface area (Å²) in [6.07, 6.45) is 8.96. The lowest BCUT2D eigenvalue weighted by Gasteiger charge is -1.87. The third-order valence-corrected chi connectivity index (χ3v) is 2.15. The van der Waals surface area contributed by atoms with E-state index in [-0.39, 0.29) is 0 Å². The molecule has 0 aliphatic carbocycles. The molecule has 3 nitrogen and oxygen atoms in total. The van der Waals surface area contributed by atoms with Crippen LogP contribution in [0.4, 0.5) is 0 Å². The molecule has 0 radical (unpaired) electrons. The van der Waals surface area contributed by atoms with Crippen molar-refractivity contribution in [2.75, 3.05) is 0 Å². The molecule has 2 rings (SSSR count). The largest absolute Gasteiger partial charge is 0.245 e. The van der Waals surface area contributed by atoms with Gasteiger partial charge < -0.3 is 0 Å². The van der Waals surface area contributed by atoms with Gasteiger partial charge in [-0.3, -0.25) is 0 Å². The number of thiazole rings is 1. The first-order valence-corrected chi connectivity index (χ1v) is 4.68. The van der Waals surface area contributed by atoms with Crippen LogP contribution in [0.3, 0.4) is 0 Å². The van der Waals surface area contributed by atoms with Crippen molar-refractivity contribution in [2.45, 2.75) is 0 Å². The quantitative estimate of drug-likeness (QED) is 0.726. The topological polar surface area (TPSA) is 38.7 Å². The molecule has 0 saturated heterocycles. The molecule has 0 aliphatic heterocycles. The Labute approximate surface area is 79.8 Å². The Hall–Kier alpha value is -1.55. The highest BCUT2D eigenvalue weighted by Crippen LogP contribution is 2.07. The van der Waals surface area contributed by atoms with Crippen LogP contribution < -0.4 is 0 Å². The molecule has 0 spiro atoms. The molecule has 0 unspecified atom stereocenters. The van der Waals surface area contributed by atoms with E-state index in [1.54, 1.807) is 36.0 Å². The number of aromatic nitrogens is 3. The molecule has 13 heavy (non-hydrogen) atoms. The van der Waals surface area contributed by atoms with Gasteiger partial charge in [-0.25, -0.2) is 15.0 Å². The van der Waals surface area contributed by atoms with Crippen molar-refractivity contribution in [1.29, 1.82) is 0 Å². The summed E-state index contributed by atoms with van der Waals surface area (Å²) in [7, 11) is 0. The van der Waals surface area contributed by atoms with Crippen LogP contribution in [0.15, 0.2) is 30.0 Å². The lowest BCUT2D eigenvalue weighted by Crippen LogP contribution is -1.82. The summed E-state index contributed by atoms with van der Waals surface area (Å²) < 4.78 is 0. The molecule has 0 aromatic carbocycles. The van der Waals surface area contributed by atoms with Gasteiger partial charge >= 0.3 is 0 Å². The minimum absolute atomic E-state index is 0.706. The van der Waals surface area contributed by atoms with Gasteiger partial charge in [0.2, 0.25) is 0 Å². The summed E-state index contributed by atoms with van der Waals surface area (Å²) in [5, 5.41) is 2.90. The second kappa shape index (κ2) is 3.91. The van der Waals surface area contributed by atoms with Gasteiger partial charge in [0.15, 0.2) is 5.82 Å². The van der Waals surface area contributed by atoms with E-state index in [0.717, 1.165) is 5.01 Å². The van der Waals surface area contributed by atoms with E-state index in [0.29, 0.717) is 5.82 Å². The molecular formula is C9H7N3S. The van der Waals surface area contributed by atoms with Crippen molar-refractivity contribution in [3.63, 3.8) is 0 Å². The molecule has 0 bridgehead atoms. The van der Waals surface area contributed by atoms with Gasteiger partial charge in [-0.15, -0.1) is 11.3 Å². The average Bonchev–Trinajstić information content (AvgIpc) is 2.69. The standard InChI is InChI=1S/C9H7N3S/c1-4-10-8(11-5-1)2-3-9-12-6-7-13-9/h1-7H/b3-2+. The fourth-order valence-corrected chi connectivity index (χ4v) is 1.39. The van der Waals surface area contributed by atoms with Gasteiger partial charge in [0, 0.05) is 24.0 Å². The van der Waals surface area contributed by atoms with E-state index < -0.39 is 0 Å². The first-order chi connectivity index (χ1) is 6.45. The first kappa shape index (κ1) is 8.07. The maximum Gasteiger partial charge on any atom is 0.151 e. The molecule has 2 aromatic rings. The van der Waals surface area contributed by atoms with Gasteiger partial charge in [-0.1, -0.05) is 0 Å². The summed E-state index contributed by atoms with van der Waals surface area (Å²) in [5.74, 6) is 0.706. The molecule has 0 fully saturated rings. The van der Waals surface area contributed by atoms with E-state index in [9.17, 15) is 0 Å². The number of hydrogen-bond acceptors (Lipinski definition) is 4. The predicted octanol–water partition coefficient (Wildman–Crippen LogP) is 2.10. The van der Waals surface area contributed by atoms with Gasteiger partial charge in [0.25, 0.3) is 0 Å². The Morgan fingerprint density at radius 2 is 1.85 bits per heavy atom. The zero-order valence-corrected chi connectivity index (χ0v) is 7.61. The highest BCUT2D eigenvalue weighted by atomic mass is 32.1. The minimum Gasteiger partial charge on any atom is -0.245 e. The zero-order chi connectivity index (χ0) is 8.93. The van der Waals surface area contributed by atoms with Crippen LogP contribution in [0, 0.1) is 0 Å². The second-order valence-corrected chi connectivity index (χ2v) is 3.24. The molecule has 4 heteroatoms. The molecule has 64 valence electrons. The minimum atomic E-state index is 0.706. The Kier molecular flexibility index (Phi) is 2.43. The highest BCUT2D eigenvalue weighted by molar-refractivity contribution is 7.10. The molecule has 0 saturated carbocycles. The number of hydrogen-bond donors (Lipinski definition) is 0. The molecule has 2 aromatic heterocycles. The van der Waals surface area contributed by atoms with Crippen molar-refractivity contribution >= 4 is 23.5 Å². The van der Waals surface area contributed by atoms with E-state index in [2.05, 4.69) is 15.0 Å². The van der Waals surface area contributed by atoms with Crippen LogP contribution in [0.25, 0.3) is 12.2 Å². The second-order valence-electron chi connectivity index (χ2n) is 2.31. The lowest BCUT2D eigenvalue weighted by atomic mass is 10.4. The van der Waals surface area contributed by atoms with E-state index in [4.69, 9.17) is 0 Å². The van der Waals surface area contributed by atoms with Crippen molar-refractivity contribution in [3.8, 4) is 0 Å². The fraction of sp³-hybridized carbons (Fsp3) is 0. The summed E-state index contributed by atoms with van der Waals surface area (Å²) in [6, 6.07) is 1.79. The fourth-order valence-electron chi connectivity index (χ4n) is 0.859. The summed E-state index contributed by atoms with van der Waals surface area (Å²) in [6.45, 7) is 0. The number of nitrogens with zero attached hydrogens (tertiary/aromatic N) is 3. The van der Waals surface area contributed by atoms with Crippen molar-refractivity contribution in [3.05, 3.63) is 40.9 Å². The van der Waals surface area contributed by atoms with Gasteiger partial charge in [0.1, 0.15) is 5.01 Å². The van der Waals surface area contributed by atoms with Crippen molar-refractivity contribution < 1.29 is 0 Å². The van der Waals surface area contributed by atoms with E-state index in [1.807, 2.05) is 17.5 Å². The molecule has 2 heterocycles. The Morgan fingerprint density at radius 3 is 2.54 bits per heavy atom. The molecule has 0 N–H and O–H groups in total. The van der Waals surface area contributed by atoms with Gasteiger partial charge in [-0.2, -0.15) is 0 Å². The summed E-state index contributed by atoms with van der Waals surface area (Å²) in [4.78, 5) is 12.2. The zero-order valence-electron chi connectivity index (χ0n) is 6.79. The molecule has 0 aliphatic rings. The maximum atomic E-state index is 4.11. The lowest BCUT2D eigenvalue weighted by molar-refractivity contribution is 1.14. The van der Waals surface area contributed by atoms with Crippen molar-refractivity contribution in [2.24, 2.45) is 0 Å². The maximum absolute atomic E-state index is 4.11. The monoisotopic (exact) mass is 189 g/mol. The average molecular weight is 189 g/mol. The van der Waals surface area contributed by atoms with Crippen LogP contribution in [0.2, 0.25) is 0 Å². The molecular weight excluding hydrogens is 182 g/mol. The normalized spacial score (nSPS) is 10.8. The smallest absolute Gasteiger partial charge is 0.151 e. The summed E-state index contributed by atoms with van der Waals surface area (Å²) >= 11 is 1.59. The van der Waals surface area contributed by atoms with Crippen LogP contribution >= 0.6 is 11.3 Å². The third kappa shape index (κ3) is 2.19. The van der Waals surface area contributed by atoms with Crippen LogP contribution in [0.1, 0.15) is 10.8 Å². The van der Waals surface area contributed by atoms with Crippen LogP contribution in [-0.2, 0) is 0 Å². The predicted molar refractivity (Wildman–Crippen MR) is 53.1 cm³/mol.